The van der Waals surface area contributed by atoms with Crippen LogP contribution < -0.4 is 9.80 Å². The molecule has 2 heterocycles. The highest BCUT2D eigenvalue weighted by atomic mass is 19.1. The van der Waals surface area contributed by atoms with Crippen molar-refractivity contribution in [2.75, 3.05) is 9.80 Å². The van der Waals surface area contributed by atoms with E-state index in [1.807, 2.05) is 46.2 Å². The smallest absolute Gasteiger partial charge is 0.147 e. The van der Waals surface area contributed by atoms with E-state index in [1.54, 1.807) is 12.1 Å². The van der Waals surface area contributed by atoms with Crippen molar-refractivity contribution in [3.63, 3.8) is 0 Å². The van der Waals surface area contributed by atoms with Crippen LogP contribution in [-0.4, -0.2) is 9.13 Å². The van der Waals surface area contributed by atoms with Crippen molar-refractivity contribution in [1.82, 2.24) is 9.13 Å². The Morgan fingerprint density at radius 2 is 0.681 bits per heavy atom. The Balaban J connectivity index is 0.940. The fourth-order valence-electron chi connectivity index (χ4n) is 11.0. The second-order valence-corrected chi connectivity index (χ2v) is 18.4. The molecule has 0 fully saturated rings. The lowest BCUT2D eigenvalue weighted by molar-refractivity contribution is 0.628. The minimum atomic E-state index is -0.474. The van der Waals surface area contributed by atoms with Gasteiger partial charge < -0.3 is 18.9 Å². The number of anilines is 6. The van der Waals surface area contributed by atoms with Crippen LogP contribution in [0.25, 0.3) is 66.1 Å². The molecule has 4 nitrogen and oxygen atoms in total. The zero-order valence-corrected chi connectivity index (χ0v) is 38.0. The Bertz CT molecular complexity index is 3720. The van der Waals surface area contributed by atoms with Crippen molar-refractivity contribution in [3.8, 4) is 22.5 Å². The number of aromatic nitrogens is 2. The van der Waals surface area contributed by atoms with Crippen LogP contribution in [0.15, 0.2) is 231 Å². The maximum absolute atomic E-state index is 16.2. The minimum Gasteiger partial charge on any atom is -0.309 e. The molecule has 6 heteroatoms. The van der Waals surface area contributed by atoms with Crippen LogP contribution in [-0.2, 0) is 5.41 Å². The van der Waals surface area contributed by atoms with Crippen LogP contribution in [0.3, 0.4) is 0 Å². The molecule has 0 bridgehead atoms. The summed E-state index contributed by atoms with van der Waals surface area (Å²) in [5, 5.41) is 4.40. The largest absolute Gasteiger partial charge is 0.309 e. The number of para-hydroxylation sites is 6. The summed E-state index contributed by atoms with van der Waals surface area (Å²) in [4.78, 5) is 4.08. The van der Waals surface area contributed by atoms with Gasteiger partial charge in [-0.2, -0.15) is 0 Å². The molecule has 0 saturated carbocycles. The molecule has 330 valence electrons. The first-order valence-corrected chi connectivity index (χ1v) is 23.4. The van der Waals surface area contributed by atoms with Crippen LogP contribution in [0, 0.1) is 11.6 Å². The molecule has 0 amide bonds. The first-order chi connectivity index (χ1) is 33.8. The second-order valence-electron chi connectivity index (χ2n) is 18.4. The normalized spacial score (nSPS) is 12.8. The van der Waals surface area contributed by atoms with E-state index in [2.05, 4.69) is 193 Å². The predicted octanol–water partition coefficient (Wildman–Crippen LogP) is 17.4. The molecule has 0 saturated heterocycles. The zero-order valence-electron chi connectivity index (χ0n) is 38.0. The van der Waals surface area contributed by atoms with E-state index in [1.165, 1.54) is 12.1 Å². The van der Waals surface area contributed by atoms with Gasteiger partial charge in [0.2, 0.25) is 0 Å². The zero-order chi connectivity index (χ0) is 46.4. The fourth-order valence-corrected chi connectivity index (χ4v) is 11.0. The van der Waals surface area contributed by atoms with E-state index in [0.717, 1.165) is 100.0 Å². The third-order valence-corrected chi connectivity index (χ3v) is 14.2. The van der Waals surface area contributed by atoms with Gasteiger partial charge in [0.25, 0.3) is 0 Å². The molecule has 0 atom stereocenters. The molecule has 0 radical (unpaired) electrons. The molecule has 1 aliphatic rings. The molecule has 2 aromatic heterocycles. The third kappa shape index (κ3) is 6.33. The molecular weight excluding hydrogens is 851 g/mol. The lowest BCUT2D eigenvalue weighted by Crippen LogP contribution is -2.18. The van der Waals surface area contributed by atoms with E-state index < -0.39 is 5.41 Å². The third-order valence-electron chi connectivity index (χ3n) is 14.2. The van der Waals surface area contributed by atoms with E-state index in [-0.39, 0.29) is 11.6 Å². The van der Waals surface area contributed by atoms with E-state index >= 15 is 8.78 Å². The first-order valence-electron chi connectivity index (χ1n) is 23.4. The molecule has 1 aliphatic carbocycles. The van der Waals surface area contributed by atoms with Gasteiger partial charge in [-0.1, -0.05) is 123 Å². The monoisotopic (exact) mass is 894 g/mol. The summed E-state index contributed by atoms with van der Waals surface area (Å²) < 4.78 is 37.1. The Morgan fingerprint density at radius 3 is 1.12 bits per heavy atom. The Morgan fingerprint density at radius 1 is 0.333 bits per heavy atom. The summed E-state index contributed by atoms with van der Waals surface area (Å²) in [5.74, 6) is -0.624. The van der Waals surface area contributed by atoms with Crippen molar-refractivity contribution in [1.29, 1.82) is 0 Å². The Hall–Kier alpha value is -8.74. The Labute approximate surface area is 398 Å². The molecule has 13 rings (SSSR count). The minimum absolute atomic E-state index is 0.312. The molecule has 12 aromatic rings. The van der Waals surface area contributed by atoms with Crippen LogP contribution >= 0.6 is 0 Å². The summed E-state index contributed by atoms with van der Waals surface area (Å²) >= 11 is 0. The maximum atomic E-state index is 16.2. The summed E-state index contributed by atoms with van der Waals surface area (Å²) in [6, 6.07) is 77.6. The van der Waals surface area contributed by atoms with Crippen molar-refractivity contribution in [3.05, 3.63) is 253 Å². The van der Waals surface area contributed by atoms with Crippen LogP contribution in [0.2, 0.25) is 0 Å². The molecular formula is C63H44F2N4. The molecule has 69 heavy (non-hydrogen) atoms. The first kappa shape index (κ1) is 40.5. The Kier molecular flexibility index (Phi) is 9.21. The average Bonchev–Trinajstić information content (AvgIpc) is 3.98. The van der Waals surface area contributed by atoms with Gasteiger partial charge in [-0.05, 0) is 144 Å². The lowest BCUT2D eigenvalue weighted by Gasteiger charge is -2.29. The second kappa shape index (κ2) is 15.7. The SMILES string of the molecule is CC1(C)c2cc(N(c3ccc4c(c3)c3ccccc3n4-c3ccccc3)c3ccccc3F)ccc2-c2ccc(N(c3ccc4c(c3)c3ccccc3n4-c3ccccc3)c3ccccc3F)cc21. The van der Waals surface area contributed by atoms with Crippen LogP contribution in [0.1, 0.15) is 25.0 Å². The number of nitrogens with zero attached hydrogens (tertiary/aromatic N) is 4. The van der Waals surface area contributed by atoms with E-state index in [0.29, 0.717) is 11.4 Å². The highest BCUT2D eigenvalue weighted by Gasteiger charge is 2.37. The van der Waals surface area contributed by atoms with Gasteiger partial charge in [0.15, 0.2) is 0 Å². The van der Waals surface area contributed by atoms with Gasteiger partial charge in [-0.15, -0.1) is 0 Å². The number of halogens is 2. The van der Waals surface area contributed by atoms with Gasteiger partial charge in [-0.3, -0.25) is 0 Å². The van der Waals surface area contributed by atoms with Crippen molar-refractivity contribution < 1.29 is 8.78 Å². The summed E-state index contributed by atoms with van der Waals surface area (Å²) in [6.45, 7) is 4.50. The van der Waals surface area contributed by atoms with Crippen molar-refractivity contribution in [2.24, 2.45) is 0 Å². The summed E-state index contributed by atoms with van der Waals surface area (Å²) in [6.07, 6.45) is 0. The van der Waals surface area contributed by atoms with Gasteiger partial charge in [0, 0.05) is 61.1 Å². The molecule has 10 aromatic carbocycles. The number of hydrogen-bond acceptors (Lipinski definition) is 2. The molecule has 0 N–H and O–H groups in total. The highest BCUT2D eigenvalue weighted by molar-refractivity contribution is 6.12. The number of rotatable bonds is 8. The van der Waals surface area contributed by atoms with E-state index in [9.17, 15) is 0 Å². The van der Waals surface area contributed by atoms with Gasteiger partial charge >= 0.3 is 0 Å². The summed E-state index contributed by atoms with van der Waals surface area (Å²) in [5.41, 5.74) is 14.9. The van der Waals surface area contributed by atoms with E-state index in [4.69, 9.17) is 0 Å². The number of benzene rings is 10. The topological polar surface area (TPSA) is 16.3 Å². The average molecular weight is 895 g/mol. The maximum Gasteiger partial charge on any atom is 0.147 e. The predicted molar refractivity (Wildman–Crippen MR) is 282 cm³/mol. The molecule has 0 spiro atoms. The fraction of sp³-hybridized carbons (Fsp3) is 0.0476. The van der Waals surface area contributed by atoms with Crippen molar-refractivity contribution >= 4 is 77.7 Å². The van der Waals surface area contributed by atoms with Crippen LogP contribution in [0.4, 0.5) is 42.9 Å². The molecule has 0 aliphatic heterocycles. The van der Waals surface area contributed by atoms with Crippen LogP contribution in [0.5, 0.6) is 0 Å². The molecule has 0 unspecified atom stereocenters. The van der Waals surface area contributed by atoms with Gasteiger partial charge in [0.05, 0.1) is 33.4 Å². The number of fused-ring (bicyclic) bond motifs is 9. The quantitative estimate of drug-likeness (QED) is 0.151. The lowest BCUT2D eigenvalue weighted by atomic mass is 9.82. The summed E-state index contributed by atoms with van der Waals surface area (Å²) in [7, 11) is 0. The van der Waals surface area contributed by atoms with Gasteiger partial charge in [0.1, 0.15) is 11.6 Å². The number of hydrogen-bond donors (Lipinski definition) is 0. The van der Waals surface area contributed by atoms with Crippen molar-refractivity contribution in [2.45, 2.75) is 19.3 Å². The van der Waals surface area contributed by atoms with Gasteiger partial charge in [-0.25, -0.2) is 8.78 Å². The highest BCUT2D eigenvalue weighted by Crippen LogP contribution is 2.53. The standard InChI is InChI=1S/C63H44F2N4/c1-63(2)53-39-45(66(61-27-15-11-23-55(61)64)43-31-35-59-51(37-43)49-21-9-13-25-57(49)68(59)41-17-5-3-6-18-41)29-33-47(53)48-34-30-46(40-54(48)63)67(62-28-16-12-24-56(62)65)44-32-36-60-52(38-44)50-22-10-14-26-58(50)69(60)42-19-7-4-8-20-42/h3-40H,1-2H3.